The van der Waals surface area contributed by atoms with Crippen molar-refractivity contribution in [3.8, 4) is 0 Å². The number of amides is 1. The molecule has 24 heavy (non-hydrogen) atoms. The monoisotopic (exact) mass is 331 g/mol. The first-order valence-corrected chi connectivity index (χ1v) is 9.26. The van der Waals surface area contributed by atoms with E-state index in [9.17, 15) is 4.79 Å². The number of carbonyl (C=O) groups excluding carboxylic acids is 1. The van der Waals surface area contributed by atoms with Crippen LogP contribution in [0.1, 0.15) is 61.1 Å². The van der Waals surface area contributed by atoms with Gasteiger partial charge in [0.15, 0.2) is 0 Å². The van der Waals surface area contributed by atoms with Crippen molar-refractivity contribution in [3.05, 3.63) is 34.9 Å². The normalized spacial score (nSPS) is 26.0. The molecule has 2 N–H and O–H groups in total. The number of aliphatic hydroxyl groups excluding tert-OH is 1. The summed E-state index contributed by atoms with van der Waals surface area (Å²) < 4.78 is 4.70. The summed E-state index contributed by atoms with van der Waals surface area (Å²) in [5.41, 5.74) is 4.43. The summed E-state index contributed by atoms with van der Waals surface area (Å²) in [4.78, 5) is 11.4. The second-order valence-electron chi connectivity index (χ2n) is 7.35. The number of methoxy groups -OCH3 is 1. The third-order valence-electron chi connectivity index (χ3n) is 5.74. The quantitative estimate of drug-likeness (QED) is 0.867. The Morgan fingerprint density at radius 1 is 1.29 bits per heavy atom. The summed E-state index contributed by atoms with van der Waals surface area (Å²) >= 11 is 0. The van der Waals surface area contributed by atoms with E-state index in [1.54, 1.807) is 0 Å². The van der Waals surface area contributed by atoms with Crippen LogP contribution in [0, 0.1) is 5.92 Å². The lowest BCUT2D eigenvalue weighted by Gasteiger charge is -2.25. The number of alkyl carbamates (subject to hydrolysis) is 1. The molecule has 1 amide bonds. The number of aliphatic hydroxyl groups is 1. The highest BCUT2D eigenvalue weighted by atomic mass is 16.5. The molecule has 0 bridgehead atoms. The van der Waals surface area contributed by atoms with Crippen molar-refractivity contribution in [2.24, 2.45) is 5.92 Å². The number of aryl methyl sites for hydroxylation is 1. The van der Waals surface area contributed by atoms with E-state index in [0.717, 1.165) is 50.9 Å². The van der Waals surface area contributed by atoms with Gasteiger partial charge in [0.25, 0.3) is 0 Å². The van der Waals surface area contributed by atoms with Gasteiger partial charge in [-0.2, -0.15) is 0 Å². The molecule has 1 aromatic carbocycles. The lowest BCUT2D eigenvalue weighted by Crippen LogP contribution is -2.32. The summed E-state index contributed by atoms with van der Waals surface area (Å²) in [6.07, 6.45) is 8.48. The minimum absolute atomic E-state index is 0.237. The molecular weight excluding hydrogens is 302 g/mol. The lowest BCUT2D eigenvalue weighted by molar-refractivity contribution is 0.166. The van der Waals surface area contributed by atoms with E-state index < -0.39 is 0 Å². The minimum atomic E-state index is -0.319. The molecule has 2 aliphatic rings. The van der Waals surface area contributed by atoms with Crippen molar-refractivity contribution >= 4 is 6.09 Å². The van der Waals surface area contributed by atoms with E-state index in [4.69, 9.17) is 9.84 Å². The number of hydrogen-bond donors (Lipinski definition) is 2. The van der Waals surface area contributed by atoms with Crippen LogP contribution in [0.5, 0.6) is 0 Å². The van der Waals surface area contributed by atoms with Crippen molar-refractivity contribution in [3.63, 3.8) is 0 Å². The third-order valence-corrected chi connectivity index (χ3v) is 5.74. The van der Waals surface area contributed by atoms with Crippen molar-refractivity contribution < 1.29 is 14.6 Å². The van der Waals surface area contributed by atoms with Crippen molar-refractivity contribution in [1.29, 1.82) is 0 Å². The molecule has 2 aliphatic carbocycles. The molecule has 0 saturated heterocycles. The zero-order chi connectivity index (χ0) is 16.9. The Kier molecular flexibility index (Phi) is 5.77. The van der Waals surface area contributed by atoms with E-state index in [2.05, 4.69) is 23.5 Å². The molecule has 132 valence electrons. The molecule has 3 rings (SSSR count). The van der Waals surface area contributed by atoms with Crippen LogP contribution in [-0.2, 0) is 17.6 Å². The summed E-state index contributed by atoms with van der Waals surface area (Å²) in [6, 6.07) is 7.25. The van der Waals surface area contributed by atoms with Crippen molar-refractivity contribution in [1.82, 2.24) is 5.32 Å². The van der Waals surface area contributed by atoms with Gasteiger partial charge in [-0.15, -0.1) is 0 Å². The van der Waals surface area contributed by atoms with Crippen LogP contribution in [-0.4, -0.2) is 31.0 Å². The molecule has 4 heteroatoms. The van der Waals surface area contributed by atoms with Crippen LogP contribution < -0.4 is 5.32 Å². The van der Waals surface area contributed by atoms with Gasteiger partial charge in [-0.25, -0.2) is 4.79 Å². The largest absolute Gasteiger partial charge is 0.453 e. The third kappa shape index (κ3) is 4.10. The molecule has 0 spiro atoms. The second-order valence-corrected chi connectivity index (χ2v) is 7.35. The average Bonchev–Trinajstić information content (AvgIpc) is 3.07. The topological polar surface area (TPSA) is 58.6 Å². The van der Waals surface area contributed by atoms with Crippen LogP contribution in [0.15, 0.2) is 18.2 Å². The minimum Gasteiger partial charge on any atom is -0.453 e. The first-order valence-electron chi connectivity index (χ1n) is 9.26. The van der Waals surface area contributed by atoms with Gasteiger partial charge in [0.2, 0.25) is 0 Å². The number of benzene rings is 1. The summed E-state index contributed by atoms with van der Waals surface area (Å²) in [5, 5.41) is 11.9. The highest BCUT2D eigenvalue weighted by Gasteiger charge is 2.28. The number of nitrogens with one attached hydrogen (secondary N) is 1. The van der Waals surface area contributed by atoms with Gasteiger partial charge in [-0.3, -0.25) is 0 Å². The number of rotatable bonds is 5. The zero-order valence-corrected chi connectivity index (χ0v) is 14.6. The van der Waals surface area contributed by atoms with Crippen LogP contribution >= 0.6 is 0 Å². The number of ether oxygens (including phenoxy) is 1. The van der Waals surface area contributed by atoms with Crippen LogP contribution in [0.2, 0.25) is 0 Å². The molecule has 1 saturated carbocycles. The predicted octanol–water partition coefficient (Wildman–Crippen LogP) is 3.56. The van der Waals surface area contributed by atoms with Crippen molar-refractivity contribution in [2.45, 2.75) is 63.3 Å². The molecule has 3 atom stereocenters. The average molecular weight is 331 g/mol. The van der Waals surface area contributed by atoms with Crippen molar-refractivity contribution in [2.75, 3.05) is 13.7 Å². The van der Waals surface area contributed by atoms with E-state index in [1.807, 2.05) is 0 Å². The molecular formula is C20H29NO3. The van der Waals surface area contributed by atoms with Gasteiger partial charge < -0.3 is 15.2 Å². The van der Waals surface area contributed by atoms with Crippen LogP contribution in [0.4, 0.5) is 4.79 Å². The summed E-state index contributed by atoms with van der Waals surface area (Å²) in [5.74, 6) is 1.28. The smallest absolute Gasteiger partial charge is 0.407 e. The second kappa shape index (κ2) is 8.02. The van der Waals surface area contributed by atoms with Gasteiger partial charge in [-0.1, -0.05) is 18.2 Å². The lowest BCUT2D eigenvalue weighted by atomic mass is 9.80. The summed E-state index contributed by atoms with van der Waals surface area (Å²) in [7, 11) is 1.42. The van der Waals surface area contributed by atoms with Crippen LogP contribution in [0.25, 0.3) is 0 Å². The van der Waals surface area contributed by atoms with E-state index in [-0.39, 0.29) is 12.1 Å². The fourth-order valence-corrected chi connectivity index (χ4v) is 4.37. The number of hydrogen-bond acceptors (Lipinski definition) is 3. The van der Waals surface area contributed by atoms with E-state index in [0.29, 0.717) is 12.5 Å². The Balaban J connectivity index is 1.60. The first-order chi connectivity index (χ1) is 11.7. The van der Waals surface area contributed by atoms with Gasteiger partial charge in [-0.05, 0) is 79.9 Å². The van der Waals surface area contributed by atoms with Gasteiger partial charge in [0.1, 0.15) is 0 Å². The Morgan fingerprint density at radius 3 is 2.96 bits per heavy atom. The fourth-order valence-electron chi connectivity index (χ4n) is 4.37. The predicted molar refractivity (Wildman–Crippen MR) is 94.2 cm³/mol. The van der Waals surface area contributed by atoms with Gasteiger partial charge in [0.05, 0.1) is 7.11 Å². The van der Waals surface area contributed by atoms with E-state index in [1.165, 1.54) is 30.2 Å². The molecule has 1 fully saturated rings. The molecule has 2 unspecified atom stereocenters. The number of fused-ring (bicyclic) bond motifs is 1. The first kappa shape index (κ1) is 17.3. The Labute approximate surface area is 144 Å². The molecule has 1 aromatic rings. The Hall–Kier alpha value is -1.55. The highest BCUT2D eigenvalue weighted by molar-refractivity contribution is 5.67. The molecule has 4 nitrogen and oxygen atoms in total. The zero-order valence-electron chi connectivity index (χ0n) is 14.6. The van der Waals surface area contributed by atoms with Crippen LogP contribution in [0.3, 0.4) is 0 Å². The van der Waals surface area contributed by atoms with Gasteiger partial charge >= 0.3 is 6.09 Å². The Morgan fingerprint density at radius 2 is 2.17 bits per heavy atom. The van der Waals surface area contributed by atoms with E-state index >= 15 is 0 Å². The fraction of sp³-hybridized carbons (Fsp3) is 0.650. The maximum Gasteiger partial charge on any atom is 0.407 e. The maximum absolute atomic E-state index is 11.4. The molecule has 0 aliphatic heterocycles. The number of carbonyl (C=O) groups is 1. The standard InChI is InChI=1S/C20H29NO3/c1-24-20(23)21-19-9-8-18(13-19)17-7-6-15-11-14(3-2-10-22)4-5-16(15)12-17/h6-7,12,14,18-19,22H,2-5,8-11,13H2,1H3,(H,21,23)/t14-,18?,19?/m0/s1. The molecule has 0 radical (unpaired) electrons. The molecule has 0 heterocycles. The highest BCUT2D eigenvalue weighted by Crippen LogP contribution is 2.37. The summed E-state index contributed by atoms with van der Waals surface area (Å²) in [6.45, 7) is 0.310. The maximum atomic E-state index is 11.4. The van der Waals surface area contributed by atoms with Gasteiger partial charge in [0, 0.05) is 12.6 Å². The Bertz CT molecular complexity index is 572. The molecule has 0 aromatic heterocycles. The SMILES string of the molecule is COC(=O)NC1CCC(c2ccc3c(c2)CC[C@H](CCCO)C3)C1.